The van der Waals surface area contributed by atoms with Crippen LogP contribution < -0.4 is 4.74 Å². The summed E-state index contributed by atoms with van der Waals surface area (Å²) in [6, 6.07) is 3.64. The molecule has 0 saturated carbocycles. The molecule has 0 aromatic heterocycles. The Morgan fingerprint density at radius 1 is 1.09 bits per heavy atom. The smallest absolute Gasteiger partial charge is 0.346 e. The Hall–Kier alpha value is -2.05. The minimum absolute atomic E-state index is 0.117. The first-order valence-electron chi connectivity index (χ1n) is 5.65. The SMILES string of the molecule is O=Cc1cc(Cl)cc(Cl)c1OC(=O)c1ccc(F)c(F)c1F. The van der Waals surface area contributed by atoms with E-state index in [1.54, 1.807) is 0 Å². The average Bonchev–Trinajstić information content (AvgIpc) is 2.47. The Balaban J connectivity index is 2.42. The number of aldehydes is 1. The Kier molecular flexibility index (Phi) is 4.73. The number of carbonyl (C=O) groups excluding carboxylic acids is 2. The summed E-state index contributed by atoms with van der Waals surface area (Å²) in [6.45, 7) is 0. The van der Waals surface area contributed by atoms with Crippen LogP contribution in [-0.4, -0.2) is 12.3 Å². The molecule has 22 heavy (non-hydrogen) atoms. The fourth-order valence-electron chi connectivity index (χ4n) is 1.61. The molecule has 2 rings (SSSR count). The van der Waals surface area contributed by atoms with Crippen molar-refractivity contribution < 1.29 is 27.5 Å². The minimum atomic E-state index is -1.81. The van der Waals surface area contributed by atoms with Gasteiger partial charge < -0.3 is 4.74 Å². The van der Waals surface area contributed by atoms with Crippen LogP contribution in [0.25, 0.3) is 0 Å². The third-order valence-corrected chi connectivity index (χ3v) is 3.11. The molecule has 0 unspecified atom stereocenters. The van der Waals surface area contributed by atoms with Gasteiger partial charge in [-0.25, -0.2) is 18.0 Å². The third-order valence-electron chi connectivity index (χ3n) is 2.61. The standard InChI is InChI=1S/C14H5Cl2F3O3/c15-7-3-6(5-20)13(9(16)4-7)22-14(21)8-1-2-10(17)12(19)11(8)18/h1-5H. The van der Waals surface area contributed by atoms with Gasteiger partial charge in [0.1, 0.15) is 0 Å². The average molecular weight is 349 g/mol. The molecule has 3 nitrogen and oxygen atoms in total. The van der Waals surface area contributed by atoms with Crippen molar-refractivity contribution in [3.8, 4) is 5.75 Å². The lowest BCUT2D eigenvalue weighted by molar-refractivity contribution is 0.0727. The van der Waals surface area contributed by atoms with Gasteiger partial charge in [-0.05, 0) is 24.3 Å². The van der Waals surface area contributed by atoms with Crippen LogP contribution >= 0.6 is 23.2 Å². The normalized spacial score (nSPS) is 10.4. The molecule has 0 atom stereocenters. The van der Waals surface area contributed by atoms with Crippen LogP contribution in [-0.2, 0) is 0 Å². The van der Waals surface area contributed by atoms with Crippen molar-refractivity contribution in [1.82, 2.24) is 0 Å². The zero-order valence-electron chi connectivity index (χ0n) is 10.5. The molecule has 0 spiro atoms. The second-order valence-electron chi connectivity index (χ2n) is 4.04. The second kappa shape index (κ2) is 6.37. The van der Waals surface area contributed by atoms with E-state index < -0.39 is 29.0 Å². The van der Waals surface area contributed by atoms with E-state index in [1.165, 1.54) is 12.1 Å². The molecule has 0 radical (unpaired) electrons. The molecule has 0 heterocycles. The highest BCUT2D eigenvalue weighted by molar-refractivity contribution is 6.36. The van der Waals surface area contributed by atoms with E-state index >= 15 is 0 Å². The molecular weight excluding hydrogens is 344 g/mol. The maximum atomic E-state index is 13.5. The van der Waals surface area contributed by atoms with E-state index in [9.17, 15) is 22.8 Å². The number of esters is 1. The van der Waals surface area contributed by atoms with E-state index in [4.69, 9.17) is 27.9 Å². The van der Waals surface area contributed by atoms with E-state index in [0.29, 0.717) is 18.4 Å². The lowest BCUT2D eigenvalue weighted by atomic mass is 10.2. The van der Waals surface area contributed by atoms with Crippen LogP contribution in [0, 0.1) is 17.5 Å². The molecule has 0 amide bonds. The lowest BCUT2D eigenvalue weighted by Gasteiger charge is -2.10. The van der Waals surface area contributed by atoms with Crippen LogP contribution in [0.1, 0.15) is 20.7 Å². The molecule has 0 fully saturated rings. The molecule has 0 aliphatic heterocycles. The number of ether oxygens (including phenoxy) is 1. The summed E-state index contributed by atoms with van der Waals surface area (Å²) in [6.07, 6.45) is 0.321. The Morgan fingerprint density at radius 2 is 1.77 bits per heavy atom. The van der Waals surface area contributed by atoms with Gasteiger partial charge in [-0.2, -0.15) is 0 Å². The van der Waals surface area contributed by atoms with Crippen LogP contribution in [0.2, 0.25) is 10.0 Å². The first kappa shape index (κ1) is 16.3. The van der Waals surface area contributed by atoms with Gasteiger partial charge in [-0.15, -0.1) is 0 Å². The van der Waals surface area contributed by atoms with E-state index in [0.717, 1.165) is 0 Å². The fraction of sp³-hybridized carbons (Fsp3) is 0. The summed E-state index contributed by atoms with van der Waals surface area (Å²) in [7, 11) is 0. The Bertz CT molecular complexity index is 778. The van der Waals surface area contributed by atoms with Crippen molar-refractivity contribution in [2.24, 2.45) is 0 Å². The van der Waals surface area contributed by atoms with Gasteiger partial charge in [0.15, 0.2) is 29.5 Å². The first-order valence-corrected chi connectivity index (χ1v) is 6.40. The fourth-order valence-corrected chi connectivity index (χ4v) is 2.15. The topological polar surface area (TPSA) is 43.4 Å². The molecule has 0 aliphatic carbocycles. The summed E-state index contributed by atoms with van der Waals surface area (Å²) in [5.74, 6) is -6.68. The van der Waals surface area contributed by atoms with Gasteiger partial charge in [-0.1, -0.05) is 23.2 Å². The second-order valence-corrected chi connectivity index (χ2v) is 4.88. The van der Waals surface area contributed by atoms with Gasteiger partial charge in [0.05, 0.1) is 16.1 Å². The zero-order chi connectivity index (χ0) is 16.4. The van der Waals surface area contributed by atoms with Crippen molar-refractivity contribution in [1.29, 1.82) is 0 Å². The molecular formula is C14H5Cl2F3O3. The van der Waals surface area contributed by atoms with E-state index in [1.807, 2.05) is 0 Å². The maximum absolute atomic E-state index is 13.5. The molecule has 0 bridgehead atoms. The highest BCUT2D eigenvalue weighted by Gasteiger charge is 2.22. The van der Waals surface area contributed by atoms with Crippen molar-refractivity contribution >= 4 is 35.5 Å². The Morgan fingerprint density at radius 3 is 2.41 bits per heavy atom. The van der Waals surface area contributed by atoms with Gasteiger partial charge in [0.2, 0.25) is 0 Å². The number of benzene rings is 2. The van der Waals surface area contributed by atoms with Crippen molar-refractivity contribution in [3.63, 3.8) is 0 Å². The minimum Gasteiger partial charge on any atom is -0.420 e. The van der Waals surface area contributed by atoms with Gasteiger partial charge in [-0.3, -0.25) is 4.79 Å². The predicted molar refractivity (Wildman–Crippen MR) is 73.1 cm³/mol. The number of hydrogen-bond donors (Lipinski definition) is 0. The maximum Gasteiger partial charge on any atom is 0.346 e. The quantitative estimate of drug-likeness (QED) is 0.356. The van der Waals surface area contributed by atoms with Gasteiger partial charge in [0.25, 0.3) is 0 Å². The highest BCUT2D eigenvalue weighted by atomic mass is 35.5. The van der Waals surface area contributed by atoms with E-state index in [-0.39, 0.29) is 21.4 Å². The zero-order valence-corrected chi connectivity index (χ0v) is 12.0. The Labute approximate surface area is 132 Å². The predicted octanol–water partition coefficient (Wildman–Crippen LogP) is 4.44. The molecule has 2 aromatic rings. The first-order chi connectivity index (χ1) is 10.3. The van der Waals surface area contributed by atoms with Crippen LogP contribution in [0.3, 0.4) is 0 Å². The summed E-state index contributed by atoms with van der Waals surface area (Å²) in [5.41, 5.74) is -1.00. The van der Waals surface area contributed by atoms with Crippen molar-refractivity contribution in [3.05, 3.63) is 62.9 Å². The summed E-state index contributed by atoms with van der Waals surface area (Å²) < 4.78 is 44.3. The largest absolute Gasteiger partial charge is 0.420 e. The van der Waals surface area contributed by atoms with Gasteiger partial charge >= 0.3 is 5.97 Å². The monoisotopic (exact) mass is 348 g/mol. The van der Waals surface area contributed by atoms with Crippen LogP contribution in [0.5, 0.6) is 5.75 Å². The van der Waals surface area contributed by atoms with E-state index in [2.05, 4.69) is 0 Å². The molecule has 2 aromatic carbocycles. The highest BCUT2D eigenvalue weighted by Crippen LogP contribution is 2.32. The number of carbonyl (C=O) groups is 2. The van der Waals surface area contributed by atoms with Gasteiger partial charge in [0, 0.05) is 5.02 Å². The summed E-state index contributed by atoms with van der Waals surface area (Å²) in [4.78, 5) is 22.8. The summed E-state index contributed by atoms with van der Waals surface area (Å²) in [5, 5.41) is -0.0585. The molecule has 0 N–H and O–H groups in total. The van der Waals surface area contributed by atoms with Crippen molar-refractivity contribution in [2.45, 2.75) is 0 Å². The lowest BCUT2D eigenvalue weighted by Crippen LogP contribution is -2.13. The van der Waals surface area contributed by atoms with Crippen LogP contribution in [0.4, 0.5) is 13.2 Å². The molecule has 114 valence electrons. The number of hydrogen-bond acceptors (Lipinski definition) is 3. The van der Waals surface area contributed by atoms with Crippen LogP contribution in [0.15, 0.2) is 24.3 Å². The molecule has 0 aliphatic rings. The number of halogens is 5. The molecule has 8 heteroatoms. The summed E-state index contributed by atoms with van der Waals surface area (Å²) >= 11 is 11.5. The number of rotatable bonds is 3. The molecule has 0 saturated heterocycles. The van der Waals surface area contributed by atoms with Crippen molar-refractivity contribution in [2.75, 3.05) is 0 Å². The third kappa shape index (κ3) is 3.08.